The highest BCUT2D eigenvalue weighted by Gasteiger charge is 2.12. The maximum atomic E-state index is 4.46. The van der Waals surface area contributed by atoms with Crippen molar-refractivity contribution in [2.75, 3.05) is 0 Å². The molecule has 18 heavy (non-hydrogen) atoms. The molecule has 3 heteroatoms. The van der Waals surface area contributed by atoms with E-state index in [9.17, 15) is 0 Å². The van der Waals surface area contributed by atoms with Crippen LogP contribution < -0.4 is 0 Å². The van der Waals surface area contributed by atoms with Gasteiger partial charge in [0.15, 0.2) is 0 Å². The van der Waals surface area contributed by atoms with E-state index in [2.05, 4.69) is 34.5 Å². The van der Waals surface area contributed by atoms with Gasteiger partial charge in [0.25, 0.3) is 0 Å². The number of hydrogen-bond acceptors (Lipinski definition) is 2. The van der Waals surface area contributed by atoms with Crippen LogP contribution in [-0.4, -0.2) is 15.0 Å². The SMILES string of the molecule is Cn1nc(-c2ccccc2)c(-c2ccccc2)n1. The van der Waals surface area contributed by atoms with Gasteiger partial charge in [-0.3, -0.25) is 0 Å². The van der Waals surface area contributed by atoms with Crippen LogP contribution in [0.25, 0.3) is 22.5 Å². The molecule has 0 aliphatic carbocycles. The van der Waals surface area contributed by atoms with E-state index in [1.165, 1.54) is 0 Å². The number of aryl methyl sites for hydroxylation is 1. The van der Waals surface area contributed by atoms with Gasteiger partial charge in [-0.1, -0.05) is 60.7 Å². The van der Waals surface area contributed by atoms with E-state index in [0.29, 0.717) is 0 Å². The fourth-order valence-corrected chi connectivity index (χ4v) is 1.99. The molecule has 0 atom stereocenters. The average Bonchev–Trinajstić information content (AvgIpc) is 2.83. The Bertz CT molecular complexity index is 585. The summed E-state index contributed by atoms with van der Waals surface area (Å²) in [5, 5.41) is 8.93. The van der Waals surface area contributed by atoms with Crippen LogP contribution in [0.15, 0.2) is 60.7 Å². The summed E-state index contributed by atoms with van der Waals surface area (Å²) < 4.78 is 0. The molecule has 3 aromatic rings. The summed E-state index contributed by atoms with van der Waals surface area (Å²) in [5.41, 5.74) is 4.02. The van der Waals surface area contributed by atoms with Crippen LogP contribution in [0.2, 0.25) is 0 Å². The Hall–Kier alpha value is -2.42. The number of nitrogens with zero attached hydrogens (tertiary/aromatic N) is 3. The second kappa shape index (κ2) is 4.45. The van der Waals surface area contributed by atoms with E-state index in [0.717, 1.165) is 22.5 Å². The van der Waals surface area contributed by atoms with Gasteiger partial charge in [0, 0.05) is 18.2 Å². The van der Waals surface area contributed by atoms with E-state index >= 15 is 0 Å². The molecule has 0 unspecified atom stereocenters. The average molecular weight is 235 g/mol. The Labute approximate surface area is 106 Å². The van der Waals surface area contributed by atoms with Crippen molar-refractivity contribution < 1.29 is 0 Å². The molecule has 3 nitrogen and oxygen atoms in total. The van der Waals surface area contributed by atoms with Gasteiger partial charge in [0.1, 0.15) is 11.4 Å². The zero-order chi connectivity index (χ0) is 12.4. The summed E-state index contributed by atoms with van der Waals surface area (Å²) in [6.45, 7) is 0. The smallest absolute Gasteiger partial charge is 0.121 e. The lowest BCUT2D eigenvalue weighted by Crippen LogP contribution is -1.91. The third-order valence-electron chi connectivity index (χ3n) is 2.81. The molecule has 88 valence electrons. The molecule has 0 radical (unpaired) electrons. The van der Waals surface area contributed by atoms with Crippen LogP contribution >= 0.6 is 0 Å². The maximum absolute atomic E-state index is 4.46. The van der Waals surface area contributed by atoms with Crippen molar-refractivity contribution >= 4 is 0 Å². The molecular weight excluding hydrogens is 222 g/mol. The minimum atomic E-state index is 0.921. The van der Waals surface area contributed by atoms with Crippen LogP contribution in [0.1, 0.15) is 0 Å². The molecule has 0 aliphatic rings. The fourth-order valence-electron chi connectivity index (χ4n) is 1.99. The van der Waals surface area contributed by atoms with Gasteiger partial charge in [-0.25, -0.2) is 0 Å². The topological polar surface area (TPSA) is 30.7 Å². The van der Waals surface area contributed by atoms with Gasteiger partial charge >= 0.3 is 0 Å². The van der Waals surface area contributed by atoms with E-state index in [1.54, 1.807) is 4.80 Å². The third kappa shape index (κ3) is 1.91. The molecule has 0 spiro atoms. The van der Waals surface area contributed by atoms with Gasteiger partial charge in [-0.2, -0.15) is 15.0 Å². The van der Waals surface area contributed by atoms with E-state index in [1.807, 2.05) is 43.4 Å². The molecule has 0 fully saturated rings. The van der Waals surface area contributed by atoms with Gasteiger partial charge in [0.2, 0.25) is 0 Å². The van der Waals surface area contributed by atoms with Gasteiger partial charge in [0.05, 0.1) is 0 Å². The number of benzene rings is 2. The zero-order valence-electron chi connectivity index (χ0n) is 10.1. The summed E-state index contributed by atoms with van der Waals surface area (Å²) in [6.07, 6.45) is 0. The summed E-state index contributed by atoms with van der Waals surface area (Å²) in [4.78, 5) is 1.62. The molecule has 2 aromatic carbocycles. The first kappa shape index (κ1) is 10.7. The highest BCUT2D eigenvalue weighted by Crippen LogP contribution is 2.28. The quantitative estimate of drug-likeness (QED) is 0.683. The Morgan fingerprint density at radius 3 is 1.44 bits per heavy atom. The first-order valence-corrected chi connectivity index (χ1v) is 5.87. The Kier molecular flexibility index (Phi) is 2.65. The van der Waals surface area contributed by atoms with Crippen LogP contribution in [0.5, 0.6) is 0 Å². The summed E-state index contributed by atoms with van der Waals surface area (Å²) >= 11 is 0. The van der Waals surface area contributed by atoms with Crippen LogP contribution in [0.3, 0.4) is 0 Å². The van der Waals surface area contributed by atoms with Crippen molar-refractivity contribution in [3.63, 3.8) is 0 Å². The molecule has 1 aromatic heterocycles. The predicted octanol–water partition coefficient (Wildman–Crippen LogP) is 3.15. The summed E-state index contributed by atoms with van der Waals surface area (Å²) in [7, 11) is 1.85. The van der Waals surface area contributed by atoms with Crippen LogP contribution in [0.4, 0.5) is 0 Å². The molecule has 0 N–H and O–H groups in total. The molecule has 3 rings (SSSR count). The van der Waals surface area contributed by atoms with Crippen molar-refractivity contribution in [2.24, 2.45) is 7.05 Å². The van der Waals surface area contributed by atoms with Crippen molar-refractivity contribution in [2.45, 2.75) is 0 Å². The van der Waals surface area contributed by atoms with E-state index in [4.69, 9.17) is 0 Å². The monoisotopic (exact) mass is 235 g/mol. The predicted molar refractivity (Wildman–Crippen MR) is 71.9 cm³/mol. The van der Waals surface area contributed by atoms with E-state index < -0.39 is 0 Å². The number of rotatable bonds is 2. The molecular formula is C15H13N3. The van der Waals surface area contributed by atoms with Crippen LogP contribution in [0, 0.1) is 0 Å². The maximum Gasteiger partial charge on any atom is 0.121 e. The lowest BCUT2D eigenvalue weighted by atomic mass is 10.1. The molecule has 0 saturated heterocycles. The van der Waals surface area contributed by atoms with Crippen molar-refractivity contribution in [3.05, 3.63) is 60.7 Å². The van der Waals surface area contributed by atoms with Gasteiger partial charge in [-0.15, -0.1) is 0 Å². The van der Waals surface area contributed by atoms with Crippen molar-refractivity contribution in [3.8, 4) is 22.5 Å². The zero-order valence-corrected chi connectivity index (χ0v) is 10.1. The second-order valence-electron chi connectivity index (χ2n) is 4.12. The number of hydrogen-bond donors (Lipinski definition) is 0. The lowest BCUT2D eigenvalue weighted by Gasteiger charge is -2.00. The minimum absolute atomic E-state index is 0.921. The van der Waals surface area contributed by atoms with Gasteiger partial charge < -0.3 is 0 Å². The Balaban J connectivity index is 2.17. The first-order valence-electron chi connectivity index (χ1n) is 5.87. The Morgan fingerprint density at radius 1 is 0.667 bits per heavy atom. The fraction of sp³-hybridized carbons (Fsp3) is 0.0667. The van der Waals surface area contributed by atoms with Gasteiger partial charge in [-0.05, 0) is 0 Å². The Morgan fingerprint density at radius 2 is 1.06 bits per heavy atom. The normalized spacial score (nSPS) is 10.5. The highest BCUT2D eigenvalue weighted by molar-refractivity contribution is 5.77. The molecule has 0 bridgehead atoms. The third-order valence-corrected chi connectivity index (χ3v) is 2.81. The van der Waals surface area contributed by atoms with E-state index in [-0.39, 0.29) is 0 Å². The molecule has 0 aliphatic heterocycles. The summed E-state index contributed by atoms with van der Waals surface area (Å²) in [5.74, 6) is 0. The standard InChI is InChI=1S/C15H13N3/c1-18-16-14(12-8-4-2-5-9-12)15(17-18)13-10-6-3-7-11-13/h2-11H,1H3. The second-order valence-corrected chi connectivity index (χ2v) is 4.12. The molecule has 0 saturated carbocycles. The van der Waals surface area contributed by atoms with Crippen molar-refractivity contribution in [1.29, 1.82) is 0 Å². The minimum Gasteiger partial charge on any atom is -0.187 e. The molecule has 0 amide bonds. The summed E-state index contributed by atoms with van der Waals surface area (Å²) in [6, 6.07) is 20.3. The highest BCUT2D eigenvalue weighted by atomic mass is 15.5. The largest absolute Gasteiger partial charge is 0.187 e. The lowest BCUT2D eigenvalue weighted by molar-refractivity contribution is 0.657. The first-order chi connectivity index (χ1) is 8.84. The van der Waals surface area contributed by atoms with Crippen molar-refractivity contribution in [1.82, 2.24) is 15.0 Å². The number of aromatic nitrogens is 3. The molecule has 1 heterocycles. The van der Waals surface area contributed by atoms with Crippen LogP contribution in [-0.2, 0) is 7.05 Å².